The first-order valence-corrected chi connectivity index (χ1v) is 11.1. The fourth-order valence-corrected chi connectivity index (χ4v) is 7.36. The van der Waals surface area contributed by atoms with Crippen molar-refractivity contribution in [3.63, 3.8) is 0 Å². The molecule has 0 saturated carbocycles. The summed E-state index contributed by atoms with van der Waals surface area (Å²) in [7, 11) is -1.58. The van der Waals surface area contributed by atoms with Gasteiger partial charge >= 0.3 is 5.97 Å². The molecule has 0 aliphatic heterocycles. The molecule has 0 rings (SSSR count). The molecule has 0 aliphatic carbocycles. The molecule has 0 aromatic carbocycles. The van der Waals surface area contributed by atoms with Crippen molar-refractivity contribution in [2.45, 2.75) is 77.4 Å². The number of hydrogen-bond acceptors (Lipinski definition) is 3. The largest absolute Gasteiger partial charge is 0.463 e. The molecule has 0 amide bonds. The van der Waals surface area contributed by atoms with Crippen molar-refractivity contribution < 1.29 is 14.0 Å². The van der Waals surface area contributed by atoms with Gasteiger partial charge in [0.2, 0.25) is 0 Å². The molecule has 0 aromatic heterocycles. The minimum absolute atomic E-state index is 0.319. The highest BCUT2D eigenvalue weighted by Crippen LogP contribution is 2.29. The van der Waals surface area contributed by atoms with Crippen LogP contribution in [0.5, 0.6) is 0 Å². The summed E-state index contributed by atoms with van der Waals surface area (Å²) in [4.78, 5) is 11.0. The summed E-state index contributed by atoms with van der Waals surface area (Å²) in [5.74, 6) is -0.319. The number of ether oxygens (including phenoxy) is 1. The highest BCUT2D eigenvalue weighted by molar-refractivity contribution is 6.73. The summed E-state index contributed by atoms with van der Waals surface area (Å²) >= 11 is 0. The lowest BCUT2D eigenvalue weighted by atomic mass is 10.3. The molecule has 3 nitrogen and oxygen atoms in total. The molecule has 4 heteroatoms. The number of carbonyl (C=O) groups excluding carboxylic acids is 1. The van der Waals surface area contributed by atoms with Crippen molar-refractivity contribution in [1.82, 2.24) is 0 Å². The molecule has 0 spiro atoms. The number of unbranched alkanes of at least 4 members (excludes halogenated alkanes) is 3. The van der Waals surface area contributed by atoms with Gasteiger partial charge in [-0.25, -0.2) is 4.79 Å². The molecule has 0 heterocycles. The van der Waals surface area contributed by atoms with E-state index >= 15 is 0 Å². The Morgan fingerprint density at radius 1 is 1.00 bits per heavy atom. The van der Waals surface area contributed by atoms with E-state index in [1.165, 1.54) is 49.9 Å². The van der Waals surface area contributed by atoms with Gasteiger partial charge in [-0.15, -0.1) is 0 Å². The maximum Gasteiger partial charge on any atom is 0.330 e. The summed E-state index contributed by atoms with van der Waals surface area (Å²) in [6.45, 7) is 11.4. The Kier molecular flexibility index (Phi) is 12.7. The van der Waals surface area contributed by atoms with Gasteiger partial charge in [-0.1, -0.05) is 52.5 Å². The van der Waals surface area contributed by atoms with Crippen LogP contribution < -0.4 is 0 Å². The lowest BCUT2D eigenvalue weighted by molar-refractivity contribution is -0.137. The van der Waals surface area contributed by atoms with Crippen molar-refractivity contribution in [3.8, 4) is 0 Å². The van der Waals surface area contributed by atoms with Crippen molar-refractivity contribution >= 4 is 14.3 Å². The van der Waals surface area contributed by atoms with E-state index in [9.17, 15) is 4.79 Å². The third-order valence-corrected chi connectivity index (χ3v) is 8.56. The van der Waals surface area contributed by atoms with Crippen LogP contribution >= 0.6 is 0 Å². The minimum atomic E-state index is -1.58. The smallest absolute Gasteiger partial charge is 0.330 e. The van der Waals surface area contributed by atoms with E-state index in [0.717, 1.165) is 19.4 Å². The van der Waals surface area contributed by atoms with E-state index in [0.29, 0.717) is 6.61 Å². The zero-order valence-corrected chi connectivity index (χ0v) is 15.3. The van der Waals surface area contributed by atoms with Crippen molar-refractivity contribution in [3.05, 3.63) is 12.7 Å². The number of rotatable bonds is 14. The van der Waals surface area contributed by atoms with E-state index in [4.69, 9.17) is 9.16 Å². The van der Waals surface area contributed by atoms with Gasteiger partial charge in [0.1, 0.15) is 0 Å². The molecule has 0 radical (unpaired) electrons. The predicted molar refractivity (Wildman–Crippen MR) is 92.0 cm³/mol. The second-order valence-corrected chi connectivity index (χ2v) is 9.81. The third-order valence-electron chi connectivity index (χ3n) is 3.86. The Balaban J connectivity index is 4.27. The van der Waals surface area contributed by atoms with Crippen LogP contribution in [0.4, 0.5) is 0 Å². The molecule has 0 bridgehead atoms. The number of esters is 1. The molecule has 124 valence electrons. The maximum absolute atomic E-state index is 11.0. The Hall–Kier alpha value is -0.613. The molecule has 0 saturated heterocycles. The van der Waals surface area contributed by atoms with Gasteiger partial charge in [-0.05, 0) is 31.5 Å². The summed E-state index contributed by atoms with van der Waals surface area (Å²) in [5, 5.41) is 0. The van der Waals surface area contributed by atoms with E-state index in [1.54, 1.807) is 0 Å². The van der Waals surface area contributed by atoms with Gasteiger partial charge in [0, 0.05) is 12.7 Å². The summed E-state index contributed by atoms with van der Waals surface area (Å²) in [6.07, 6.45) is 8.30. The lowest BCUT2D eigenvalue weighted by Crippen LogP contribution is -2.38. The van der Waals surface area contributed by atoms with Crippen LogP contribution in [-0.4, -0.2) is 27.5 Å². The quantitative estimate of drug-likeness (QED) is 0.194. The van der Waals surface area contributed by atoms with Crippen LogP contribution in [0.1, 0.15) is 59.3 Å². The average molecular weight is 315 g/mol. The van der Waals surface area contributed by atoms with Gasteiger partial charge in [-0.3, -0.25) is 0 Å². The van der Waals surface area contributed by atoms with Crippen LogP contribution in [0.15, 0.2) is 12.7 Å². The Bertz CT molecular complexity index is 271. The summed E-state index contributed by atoms with van der Waals surface area (Å²) in [6, 6.07) is 3.76. The lowest BCUT2D eigenvalue weighted by Gasteiger charge is -2.31. The summed E-state index contributed by atoms with van der Waals surface area (Å²) < 4.78 is 11.3. The molecule has 0 aliphatic rings. The first kappa shape index (κ1) is 20.4. The fraction of sp³-hybridized carbons (Fsp3) is 0.824. The molecule has 0 N–H and O–H groups in total. The van der Waals surface area contributed by atoms with Crippen LogP contribution in [0.25, 0.3) is 0 Å². The number of hydrogen-bond donors (Lipinski definition) is 0. The van der Waals surface area contributed by atoms with E-state index < -0.39 is 8.32 Å². The second-order valence-electron chi connectivity index (χ2n) is 5.65. The monoisotopic (exact) mass is 314 g/mol. The average Bonchev–Trinajstić information content (AvgIpc) is 2.50. The first-order chi connectivity index (χ1) is 10.1. The zero-order valence-electron chi connectivity index (χ0n) is 14.3. The van der Waals surface area contributed by atoms with Gasteiger partial charge in [-0.2, -0.15) is 0 Å². The van der Waals surface area contributed by atoms with Gasteiger partial charge < -0.3 is 9.16 Å². The molecular formula is C17H34O3Si. The molecule has 0 fully saturated rings. The first-order valence-electron chi connectivity index (χ1n) is 8.57. The van der Waals surface area contributed by atoms with Crippen LogP contribution in [0.3, 0.4) is 0 Å². The Morgan fingerprint density at radius 2 is 1.57 bits per heavy atom. The Morgan fingerprint density at radius 3 is 2.05 bits per heavy atom. The molecule has 0 atom stereocenters. The highest BCUT2D eigenvalue weighted by Gasteiger charge is 2.32. The van der Waals surface area contributed by atoms with Crippen LogP contribution in [0, 0.1) is 0 Å². The molecular weight excluding hydrogens is 280 g/mol. The minimum Gasteiger partial charge on any atom is -0.463 e. The standard InChI is InChI=1S/C17H34O3Si/c1-5-9-14-21(20-8-4,15-10-6-2)16-12-11-13-19-17(18)7-3/h7H,3,5-6,8-16H2,1-2,4H3. The van der Waals surface area contributed by atoms with Gasteiger partial charge in [0.15, 0.2) is 8.32 Å². The van der Waals surface area contributed by atoms with Crippen LogP contribution in [0.2, 0.25) is 18.1 Å². The Labute approximate surface area is 132 Å². The van der Waals surface area contributed by atoms with Crippen molar-refractivity contribution in [2.24, 2.45) is 0 Å². The highest BCUT2D eigenvalue weighted by atomic mass is 28.4. The molecule has 0 aromatic rings. The van der Waals surface area contributed by atoms with Crippen molar-refractivity contribution in [1.29, 1.82) is 0 Å². The topological polar surface area (TPSA) is 35.5 Å². The van der Waals surface area contributed by atoms with Gasteiger partial charge in [0.25, 0.3) is 0 Å². The fourth-order valence-electron chi connectivity index (χ4n) is 2.68. The van der Waals surface area contributed by atoms with E-state index in [2.05, 4.69) is 27.4 Å². The van der Waals surface area contributed by atoms with E-state index in [1.807, 2.05) is 0 Å². The zero-order chi connectivity index (χ0) is 16.0. The van der Waals surface area contributed by atoms with Gasteiger partial charge in [0.05, 0.1) is 6.61 Å². The molecule has 0 unspecified atom stereocenters. The second kappa shape index (κ2) is 13.1. The van der Waals surface area contributed by atoms with Crippen LogP contribution in [-0.2, 0) is 14.0 Å². The SMILES string of the molecule is C=CC(=O)OCCCC[Si](CCCC)(CCCC)OCC. The predicted octanol–water partition coefficient (Wildman–Crippen LogP) is 5.08. The summed E-state index contributed by atoms with van der Waals surface area (Å²) in [5.41, 5.74) is 0. The normalized spacial score (nSPS) is 11.4. The van der Waals surface area contributed by atoms with E-state index in [-0.39, 0.29) is 5.97 Å². The maximum atomic E-state index is 11.0. The molecule has 21 heavy (non-hydrogen) atoms. The third kappa shape index (κ3) is 9.85. The van der Waals surface area contributed by atoms with Crippen molar-refractivity contribution in [2.75, 3.05) is 13.2 Å². The number of carbonyl (C=O) groups is 1.